The summed E-state index contributed by atoms with van der Waals surface area (Å²) in [6.07, 6.45) is 1.69. The number of pyridine rings is 1. The molecule has 1 N–H and O–H groups in total. The average Bonchev–Trinajstić information content (AvgIpc) is 2.44. The molecule has 0 radical (unpaired) electrons. The van der Waals surface area contributed by atoms with E-state index in [1.165, 1.54) is 0 Å². The van der Waals surface area contributed by atoms with Crippen molar-refractivity contribution in [1.29, 1.82) is 0 Å². The number of rotatable bonds is 2. The fourth-order valence-corrected chi connectivity index (χ4v) is 1.74. The second kappa shape index (κ2) is 5.87. The molecule has 0 spiro atoms. The Morgan fingerprint density at radius 2 is 2.24 bits per heavy atom. The van der Waals surface area contributed by atoms with Gasteiger partial charge in [-0.05, 0) is 11.5 Å². The van der Waals surface area contributed by atoms with Gasteiger partial charge in [-0.1, -0.05) is 24.2 Å². The molecule has 2 rings (SSSR count). The number of carboxylic acid groups (broad SMARTS) is 1. The summed E-state index contributed by atoms with van der Waals surface area (Å²) in [7, 11) is 3.84. The third-order valence-corrected chi connectivity index (χ3v) is 2.54. The predicted molar refractivity (Wildman–Crippen MR) is 63.0 cm³/mol. The molecule has 0 amide bonds. The molecule has 0 atom stereocenters. The van der Waals surface area contributed by atoms with Gasteiger partial charge in [0.05, 0.1) is 6.42 Å². The summed E-state index contributed by atoms with van der Waals surface area (Å²) in [5.41, 5.74) is 2.37. The smallest absolute Gasteiger partial charge is 0.481 e. The quantitative estimate of drug-likeness (QED) is 0.783. The third kappa shape index (κ3) is 2.70. The monoisotopic (exact) mass is 402 g/mol. The minimum absolute atomic E-state index is 0. The molecule has 0 unspecified atom stereocenters. The molecule has 0 saturated carbocycles. The van der Waals surface area contributed by atoms with Gasteiger partial charge < -0.3 is 22.1 Å². The molecular weight excluding hydrogens is 388 g/mol. The van der Waals surface area contributed by atoms with Crippen molar-refractivity contribution in [2.24, 2.45) is 0 Å². The first kappa shape index (κ1) is 15.7. The van der Waals surface area contributed by atoms with Gasteiger partial charge in [0.1, 0.15) is 0 Å². The van der Waals surface area contributed by atoms with E-state index in [0.29, 0.717) is 0 Å². The van der Waals surface area contributed by atoms with Gasteiger partial charge in [0.2, 0.25) is 0 Å². The molecule has 0 aliphatic heterocycles. The maximum absolute atomic E-state index is 10.7. The molecular formula is C12H14N2O2W. The van der Waals surface area contributed by atoms with Gasteiger partial charge in [0, 0.05) is 11.8 Å². The molecule has 5 heteroatoms. The summed E-state index contributed by atoms with van der Waals surface area (Å²) in [6, 6.07) is 3.67. The number of hydrogen-bond acceptors (Lipinski definition) is 2. The number of carbonyl (C=O) groups is 1. The van der Waals surface area contributed by atoms with E-state index in [-0.39, 0.29) is 34.9 Å². The first-order chi connectivity index (χ1) is 7.11. The van der Waals surface area contributed by atoms with Gasteiger partial charge in [0.15, 0.2) is 0 Å². The Hall–Kier alpha value is -1.28. The number of nitrogens with zero attached hydrogens (tertiary/aromatic N) is 2. The maximum Gasteiger partial charge on any atom is 2.00 e. The van der Waals surface area contributed by atoms with Crippen LogP contribution in [-0.2, 0) is 32.3 Å². The molecule has 0 fully saturated rings. The van der Waals surface area contributed by atoms with Crippen molar-refractivity contribution in [3.8, 4) is 0 Å². The van der Waals surface area contributed by atoms with Crippen LogP contribution < -0.4 is 0 Å². The summed E-state index contributed by atoms with van der Waals surface area (Å²) in [6.45, 7) is 1.85. The van der Waals surface area contributed by atoms with E-state index in [9.17, 15) is 4.79 Å². The van der Waals surface area contributed by atoms with Crippen LogP contribution in [0.4, 0.5) is 0 Å². The van der Waals surface area contributed by atoms with Crippen LogP contribution in [0.3, 0.4) is 0 Å². The zero-order chi connectivity index (χ0) is 11.0. The second-order valence-corrected chi connectivity index (χ2v) is 3.44. The van der Waals surface area contributed by atoms with Crippen molar-refractivity contribution >= 4 is 17.0 Å². The van der Waals surface area contributed by atoms with E-state index >= 15 is 0 Å². The van der Waals surface area contributed by atoms with Crippen LogP contribution in [0.5, 0.6) is 0 Å². The predicted octanol–water partition coefficient (Wildman–Crippen LogP) is 2.06. The molecule has 0 saturated heterocycles. The molecule has 0 aliphatic carbocycles. The second-order valence-electron chi connectivity index (χ2n) is 3.44. The van der Waals surface area contributed by atoms with Crippen molar-refractivity contribution in [2.75, 3.05) is 0 Å². The fourth-order valence-electron chi connectivity index (χ4n) is 1.74. The molecule has 2 heterocycles. The van der Waals surface area contributed by atoms with E-state index in [1.807, 2.05) is 13.0 Å². The molecule has 2 aromatic rings. The summed E-state index contributed by atoms with van der Waals surface area (Å²) < 4.78 is 1.67. The van der Waals surface area contributed by atoms with E-state index in [0.717, 1.165) is 22.3 Å². The van der Waals surface area contributed by atoms with Crippen molar-refractivity contribution in [3.05, 3.63) is 44.1 Å². The van der Waals surface area contributed by atoms with Gasteiger partial charge in [-0.15, -0.1) is 7.05 Å². The Bertz CT molecular complexity index is 535. The van der Waals surface area contributed by atoms with Crippen molar-refractivity contribution in [3.63, 3.8) is 0 Å². The van der Waals surface area contributed by atoms with E-state index in [1.54, 1.807) is 16.8 Å². The first-order valence-electron chi connectivity index (χ1n) is 4.59. The van der Waals surface area contributed by atoms with Crippen molar-refractivity contribution in [2.45, 2.75) is 13.3 Å². The summed E-state index contributed by atoms with van der Waals surface area (Å²) in [5.74, 6) is -0.838. The number of fused-ring (bicyclic) bond motifs is 1. The fraction of sp³-hybridized carbons (Fsp3) is 0.167. The average molecular weight is 402 g/mol. The largest absolute Gasteiger partial charge is 2.00 e. The van der Waals surface area contributed by atoms with Gasteiger partial charge in [-0.3, -0.25) is 4.79 Å². The topological polar surface area (TPSA) is 55.1 Å². The van der Waals surface area contributed by atoms with Crippen LogP contribution >= 0.6 is 0 Å². The maximum atomic E-state index is 10.7. The van der Waals surface area contributed by atoms with Crippen LogP contribution in [0.1, 0.15) is 11.3 Å². The number of carboxylic acids is 1. The number of aromatic nitrogens is 2. The standard InChI is InChI=1S/C11H11N2O2.CH3.W/c1-7-9(6-10(14)15)8-4-3-5-12-11(8)13(7)2;;/h3-5H,2,6H2,1H3,(H,14,15);1H3;/q2*-1;+2. The number of aliphatic carboxylic acids is 1. The van der Waals surface area contributed by atoms with Crippen LogP contribution in [0.2, 0.25) is 0 Å². The summed E-state index contributed by atoms with van der Waals surface area (Å²) in [5, 5.41) is 9.68. The van der Waals surface area contributed by atoms with Crippen LogP contribution in [0.15, 0.2) is 18.3 Å². The zero-order valence-electron chi connectivity index (χ0n) is 9.80. The van der Waals surface area contributed by atoms with Crippen LogP contribution in [-0.4, -0.2) is 20.6 Å². The Kier molecular flexibility index (Phi) is 5.43. The SMILES string of the molecule is [CH2-]n1c(C)c(CC(=O)O)c2cccnc21.[CH3-].[W+2]. The van der Waals surface area contributed by atoms with Crippen molar-refractivity contribution in [1.82, 2.24) is 9.55 Å². The van der Waals surface area contributed by atoms with E-state index in [4.69, 9.17) is 5.11 Å². The van der Waals surface area contributed by atoms with Gasteiger partial charge in [-0.25, -0.2) is 0 Å². The minimum atomic E-state index is -0.838. The molecule has 90 valence electrons. The van der Waals surface area contributed by atoms with Crippen molar-refractivity contribution < 1.29 is 31.0 Å². The van der Waals surface area contributed by atoms with Gasteiger partial charge in [-0.2, -0.15) is 0 Å². The zero-order valence-corrected chi connectivity index (χ0v) is 12.7. The Balaban J connectivity index is 0.00000128. The molecule has 0 aliphatic rings. The molecule has 4 nitrogen and oxygen atoms in total. The Morgan fingerprint density at radius 1 is 1.59 bits per heavy atom. The summed E-state index contributed by atoms with van der Waals surface area (Å²) in [4.78, 5) is 14.9. The molecule has 2 aromatic heterocycles. The third-order valence-electron chi connectivity index (χ3n) is 2.54. The molecule has 0 bridgehead atoms. The van der Waals surface area contributed by atoms with Crippen LogP contribution in [0.25, 0.3) is 11.0 Å². The minimum Gasteiger partial charge on any atom is -0.481 e. The number of hydrogen-bond donors (Lipinski definition) is 1. The Labute approximate surface area is 115 Å². The molecule has 0 aromatic carbocycles. The normalized spacial score (nSPS) is 9.47. The van der Waals surface area contributed by atoms with Crippen LogP contribution in [0, 0.1) is 21.4 Å². The molecule has 17 heavy (non-hydrogen) atoms. The van der Waals surface area contributed by atoms with E-state index < -0.39 is 5.97 Å². The first-order valence-corrected chi connectivity index (χ1v) is 4.59. The Morgan fingerprint density at radius 3 is 2.82 bits per heavy atom. The summed E-state index contributed by atoms with van der Waals surface area (Å²) >= 11 is 0. The van der Waals surface area contributed by atoms with Gasteiger partial charge >= 0.3 is 27.0 Å². The van der Waals surface area contributed by atoms with E-state index in [2.05, 4.69) is 12.0 Å². The van der Waals surface area contributed by atoms with Gasteiger partial charge in [0.25, 0.3) is 0 Å².